The Kier molecular flexibility index (Phi) is 4.35. The summed E-state index contributed by atoms with van der Waals surface area (Å²) in [5.41, 5.74) is 5.93. The van der Waals surface area contributed by atoms with Crippen molar-refractivity contribution in [1.29, 1.82) is 0 Å². The van der Waals surface area contributed by atoms with Gasteiger partial charge in [-0.2, -0.15) is 0 Å². The predicted molar refractivity (Wildman–Crippen MR) is 80.4 cm³/mol. The highest BCUT2D eigenvalue weighted by Crippen LogP contribution is 2.31. The number of primary amides is 1. The molecule has 0 atom stereocenters. The lowest BCUT2D eigenvalue weighted by atomic mass is 10.1. The molecule has 7 heteroatoms. The third-order valence-corrected chi connectivity index (χ3v) is 3.04. The highest BCUT2D eigenvalue weighted by Gasteiger charge is 2.17. The zero-order valence-corrected chi connectivity index (χ0v) is 12.0. The Labute approximate surface area is 130 Å². The molecule has 107 valence electrons. The summed E-state index contributed by atoms with van der Waals surface area (Å²) in [4.78, 5) is 23.8. The first-order valence-electron chi connectivity index (χ1n) is 5.68. The van der Waals surface area contributed by atoms with Gasteiger partial charge in [-0.15, -0.1) is 0 Å². The maximum Gasteiger partial charge on any atom is 0.335 e. The first kappa shape index (κ1) is 15.2. The molecule has 0 saturated carbocycles. The minimum absolute atomic E-state index is 0.0214. The molecule has 0 aliphatic rings. The highest BCUT2D eigenvalue weighted by molar-refractivity contribution is 6.35. The van der Waals surface area contributed by atoms with E-state index in [0.29, 0.717) is 15.7 Å². The van der Waals surface area contributed by atoms with Gasteiger partial charge in [0.1, 0.15) is 0 Å². The van der Waals surface area contributed by atoms with Gasteiger partial charge in [0.25, 0.3) is 0 Å². The third kappa shape index (κ3) is 3.45. The zero-order chi connectivity index (χ0) is 15.6. The van der Waals surface area contributed by atoms with Crippen LogP contribution in [0.25, 0.3) is 0 Å². The molecule has 0 spiro atoms. The van der Waals surface area contributed by atoms with Crippen molar-refractivity contribution in [1.82, 2.24) is 0 Å². The van der Waals surface area contributed by atoms with E-state index in [0.717, 1.165) is 4.90 Å². The molecule has 2 rings (SSSR count). The van der Waals surface area contributed by atoms with E-state index < -0.39 is 12.0 Å². The van der Waals surface area contributed by atoms with E-state index in [-0.39, 0.29) is 11.3 Å². The van der Waals surface area contributed by atoms with Crippen LogP contribution in [0.1, 0.15) is 10.4 Å². The molecule has 0 aliphatic heterocycles. The highest BCUT2D eigenvalue weighted by atomic mass is 35.5. The average Bonchev–Trinajstić information content (AvgIpc) is 2.37. The quantitative estimate of drug-likeness (QED) is 0.903. The lowest BCUT2D eigenvalue weighted by molar-refractivity contribution is 0.0697. The smallest absolute Gasteiger partial charge is 0.335 e. The first-order chi connectivity index (χ1) is 9.88. The minimum Gasteiger partial charge on any atom is -0.478 e. The Bertz CT molecular complexity index is 699. The van der Waals surface area contributed by atoms with Crippen molar-refractivity contribution in [2.24, 2.45) is 5.73 Å². The van der Waals surface area contributed by atoms with Crippen LogP contribution >= 0.6 is 23.2 Å². The fourth-order valence-electron chi connectivity index (χ4n) is 1.78. The Balaban J connectivity index is 2.56. The monoisotopic (exact) mass is 323 g/mol. The number of anilines is 2. The van der Waals surface area contributed by atoms with Crippen LogP contribution in [-0.4, -0.2) is 17.1 Å². The van der Waals surface area contributed by atoms with Crippen molar-refractivity contribution < 1.29 is 14.7 Å². The van der Waals surface area contributed by atoms with Crippen LogP contribution < -0.4 is 10.6 Å². The Morgan fingerprint density at radius 1 is 1.05 bits per heavy atom. The number of carbonyl (C=O) groups is 2. The van der Waals surface area contributed by atoms with Crippen molar-refractivity contribution in [3.05, 3.63) is 58.1 Å². The molecule has 0 aromatic heterocycles. The van der Waals surface area contributed by atoms with Gasteiger partial charge in [0.05, 0.1) is 16.9 Å². The summed E-state index contributed by atoms with van der Waals surface area (Å²) in [6.45, 7) is 0. The second kappa shape index (κ2) is 6.03. The van der Waals surface area contributed by atoms with E-state index in [1.165, 1.54) is 36.4 Å². The zero-order valence-electron chi connectivity index (χ0n) is 10.5. The third-order valence-electron chi connectivity index (χ3n) is 2.60. The van der Waals surface area contributed by atoms with E-state index in [9.17, 15) is 9.59 Å². The number of urea groups is 1. The number of carboxylic acids is 1. The number of aromatic carboxylic acids is 1. The molecule has 0 saturated heterocycles. The van der Waals surface area contributed by atoms with E-state index in [4.69, 9.17) is 34.0 Å². The van der Waals surface area contributed by atoms with Crippen LogP contribution in [0.3, 0.4) is 0 Å². The van der Waals surface area contributed by atoms with Gasteiger partial charge in [-0.05, 0) is 42.5 Å². The maximum atomic E-state index is 11.7. The number of rotatable bonds is 3. The van der Waals surface area contributed by atoms with Crippen LogP contribution in [0.5, 0.6) is 0 Å². The fraction of sp³-hybridized carbons (Fsp3) is 0. The van der Waals surface area contributed by atoms with Crippen molar-refractivity contribution in [2.75, 3.05) is 4.90 Å². The average molecular weight is 324 g/mol. The van der Waals surface area contributed by atoms with Gasteiger partial charge in [0.15, 0.2) is 0 Å². The second-order valence-electron chi connectivity index (χ2n) is 4.09. The normalized spacial score (nSPS) is 10.2. The summed E-state index contributed by atoms with van der Waals surface area (Å²) < 4.78 is 0. The topological polar surface area (TPSA) is 83.6 Å². The molecule has 2 aromatic rings. The van der Waals surface area contributed by atoms with Crippen LogP contribution in [-0.2, 0) is 0 Å². The Hall–Kier alpha value is -2.24. The minimum atomic E-state index is -1.14. The molecule has 5 nitrogen and oxygen atoms in total. The van der Waals surface area contributed by atoms with Crippen molar-refractivity contribution in [2.45, 2.75) is 0 Å². The van der Waals surface area contributed by atoms with E-state index in [1.807, 2.05) is 0 Å². The van der Waals surface area contributed by atoms with Crippen LogP contribution in [0.2, 0.25) is 10.0 Å². The molecule has 0 heterocycles. The Morgan fingerprint density at radius 3 is 2.19 bits per heavy atom. The SMILES string of the molecule is NC(=O)N(c1cc(Cl)cc(Cl)c1)c1c[c]cc(C(=O)O)c1. The van der Waals surface area contributed by atoms with Crippen LogP contribution in [0.15, 0.2) is 36.4 Å². The summed E-state index contributed by atoms with van der Waals surface area (Å²) >= 11 is 11.8. The number of nitrogens with zero attached hydrogens (tertiary/aromatic N) is 1. The summed E-state index contributed by atoms with van der Waals surface area (Å²) in [7, 11) is 0. The van der Waals surface area contributed by atoms with Gasteiger partial charge in [-0.1, -0.05) is 23.2 Å². The largest absolute Gasteiger partial charge is 0.478 e. The summed E-state index contributed by atoms with van der Waals surface area (Å²) in [6, 6.07) is 10.4. The molecular weight excluding hydrogens is 315 g/mol. The summed E-state index contributed by atoms with van der Waals surface area (Å²) in [5, 5.41) is 9.63. The van der Waals surface area contributed by atoms with Crippen LogP contribution in [0.4, 0.5) is 16.2 Å². The number of carbonyl (C=O) groups excluding carboxylic acids is 1. The molecule has 0 bridgehead atoms. The molecule has 1 radical (unpaired) electrons. The number of amides is 2. The summed E-state index contributed by atoms with van der Waals surface area (Å²) in [6.07, 6.45) is 0. The first-order valence-corrected chi connectivity index (χ1v) is 6.44. The number of carboxylic acid groups (broad SMARTS) is 1. The van der Waals surface area contributed by atoms with Crippen molar-refractivity contribution >= 4 is 46.6 Å². The lowest BCUT2D eigenvalue weighted by Crippen LogP contribution is -2.31. The number of hydrogen-bond acceptors (Lipinski definition) is 2. The maximum absolute atomic E-state index is 11.7. The molecule has 2 amide bonds. The van der Waals surface area contributed by atoms with E-state index in [2.05, 4.69) is 6.07 Å². The van der Waals surface area contributed by atoms with Gasteiger partial charge in [-0.3, -0.25) is 4.90 Å². The van der Waals surface area contributed by atoms with Crippen LogP contribution in [0, 0.1) is 6.07 Å². The molecule has 0 aliphatic carbocycles. The number of halogens is 2. The van der Waals surface area contributed by atoms with Gasteiger partial charge in [0.2, 0.25) is 0 Å². The van der Waals surface area contributed by atoms with Crippen molar-refractivity contribution in [3.63, 3.8) is 0 Å². The lowest BCUT2D eigenvalue weighted by Gasteiger charge is -2.21. The van der Waals surface area contributed by atoms with Gasteiger partial charge < -0.3 is 10.8 Å². The number of hydrogen-bond donors (Lipinski definition) is 2. The second-order valence-corrected chi connectivity index (χ2v) is 4.96. The van der Waals surface area contributed by atoms with Gasteiger partial charge >= 0.3 is 12.0 Å². The number of benzene rings is 2. The van der Waals surface area contributed by atoms with Gasteiger partial charge in [0, 0.05) is 10.0 Å². The van der Waals surface area contributed by atoms with Gasteiger partial charge in [-0.25, -0.2) is 9.59 Å². The molecule has 0 fully saturated rings. The molecule has 2 aromatic carbocycles. The number of nitrogens with two attached hydrogens (primary N) is 1. The van der Waals surface area contributed by atoms with E-state index >= 15 is 0 Å². The summed E-state index contributed by atoms with van der Waals surface area (Å²) in [5.74, 6) is -1.14. The molecule has 3 N–H and O–H groups in total. The predicted octanol–water partition coefficient (Wildman–Crippen LogP) is 3.71. The molecule has 0 unspecified atom stereocenters. The standard InChI is InChI=1S/C14H9Cl2N2O3/c15-9-5-10(16)7-12(6-9)18(14(17)21)11-3-1-2-8(4-11)13(19)20/h2-7H,(H2,17,21)(H,19,20). The van der Waals surface area contributed by atoms with Crippen molar-refractivity contribution in [3.8, 4) is 0 Å². The fourth-order valence-corrected chi connectivity index (χ4v) is 2.30. The molecular formula is C14H9Cl2N2O3. The Morgan fingerprint density at radius 2 is 1.67 bits per heavy atom. The van der Waals surface area contributed by atoms with E-state index in [1.54, 1.807) is 0 Å². The molecule has 21 heavy (non-hydrogen) atoms.